The van der Waals surface area contributed by atoms with Crippen LogP contribution in [-0.2, 0) is 22.5 Å². The maximum Gasteiger partial charge on any atom is 0.494 e. The molecule has 4 aromatic carbocycles. The van der Waals surface area contributed by atoms with Crippen molar-refractivity contribution in [3.8, 4) is 22.9 Å². The van der Waals surface area contributed by atoms with Gasteiger partial charge in [0.05, 0.1) is 22.6 Å². The lowest BCUT2D eigenvalue weighted by Gasteiger charge is -2.32. The first-order valence-corrected chi connectivity index (χ1v) is 17.9. The number of anilines is 2. The number of halogens is 2. The molecule has 1 aromatic heterocycles. The lowest BCUT2D eigenvalue weighted by molar-refractivity contribution is 0.00578. The summed E-state index contributed by atoms with van der Waals surface area (Å²) in [5.41, 5.74) is 3.98. The van der Waals surface area contributed by atoms with E-state index in [2.05, 4.69) is 0 Å². The van der Waals surface area contributed by atoms with Crippen molar-refractivity contribution in [2.24, 2.45) is 0 Å². The van der Waals surface area contributed by atoms with Crippen molar-refractivity contribution in [1.82, 2.24) is 4.98 Å². The van der Waals surface area contributed by atoms with Gasteiger partial charge in [0, 0.05) is 37.8 Å². The minimum atomic E-state index is -0.632. The monoisotopic (exact) mass is 703 g/mol. The number of ether oxygens (including phenoxy) is 2. The molecular formula is C42H44BF2N3O4. The second-order valence-corrected chi connectivity index (χ2v) is 14.3. The van der Waals surface area contributed by atoms with Gasteiger partial charge in [-0.25, -0.2) is 8.78 Å². The van der Waals surface area contributed by atoms with Gasteiger partial charge in [-0.2, -0.15) is 4.98 Å². The molecule has 0 bridgehead atoms. The number of aromatic nitrogens is 1. The highest BCUT2D eigenvalue weighted by Crippen LogP contribution is 2.37. The summed E-state index contributed by atoms with van der Waals surface area (Å²) >= 11 is 0. The minimum Gasteiger partial charge on any atom is -0.473 e. The maximum absolute atomic E-state index is 16.0. The van der Waals surface area contributed by atoms with Gasteiger partial charge in [0.2, 0.25) is 11.8 Å². The van der Waals surface area contributed by atoms with E-state index in [1.54, 1.807) is 18.2 Å². The van der Waals surface area contributed by atoms with Crippen LogP contribution in [0, 0.1) is 11.6 Å². The second-order valence-electron chi connectivity index (χ2n) is 14.3. The third kappa shape index (κ3) is 7.78. The number of pyridine rings is 1. The van der Waals surface area contributed by atoms with E-state index in [4.69, 9.17) is 23.8 Å². The molecule has 0 saturated carbocycles. The Hall–Kier alpha value is -4.93. The highest BCUT2D eigenvalue weighted by Gasteiger charge is 2.51. The van der Waals surface area contributed by atoms with Crippen molar-refractivity contribution in [1.29, 1.82) is 0 Å². The normalized spacial score (nSPS) is 16.8. The Morgan fingerprint density at radius 1 is 0.654 bits per heavy atom. The van der Waals surface area contributed by atoms with E-state index in [0.717, 1.165) is 17.5 Å². The van der Waals surface area contributed by atoms with Crippen molar-refractivity contribution in [3.63, 3.8) is 0 Å². The van der Waals surface area contributed by atoms with E-state index in [1.165, 1.54) is 12.1 Å². The zero-order valence-electron chi connectivity index (χ0n) is 30.1. The molecule has 0 spiro atoms. The van der Waals surface area contributed by atoms with Gasteiger partial charge in [-0.15, -0.1) is 0 Å². The van der Waals surface area contributed by atoms with Crippen molar-refractivity contribution in [2.75, 3.05) is 36.0 Å². The second kappa shape index (κ2) is 15.0. The first kappa shape index (κ1) is 35.5. The summed E-state index contributed by atoms with van der Waals surface area (Å²) in [6, 6.07) is 33.8. The average Bonchev–Trinajstić information content (AvgIpc) is 3.26. The Labute approximate surface area is 305 Å². The van der Waals surface area contributed by atoms with Crippen molar-refractivity contribution < 1.29 is 27.6 Å². The largest absolute Gasteiger partial charge is 0.494 e. The van der Waals surface area contributed by atoms with Crippen molar-refractivity contribution in [2.45, 2.75) is 58.5 Å². The van der Waals surface area contributed by atoms with Gasteiger partial charge in [-0.1, -0.05) is 72.8 Å². The molecule has 2 fully saturated rings. The molecule has 10 heteroatoms. The van der Waals surface area contributed by atoms with Gasteiger partial charge < -0.3 is 28.6 Å². The van der Waals surface area contributed by atoms with E-state index in [-0.39, 0.29) is 11.6 Å². The predicted molar refractivity (Wildman–Crippen MR) is 202 cm³/mol. The third-order valence-electron chi connectivity index (χ3n) is 10.2. The standard InChI is InChI=1S/C42H44BF2N3O4/c1-41(2)42(3,4)52-43(51-41)33-17-20-38(36(45)27-33)48-23-11-22-47(24-25-48)37-19-16-32(26-35(37)44)34-18-21-39(49-28-30-12-7-5-8-13-30)46-40(34)50-29-31-14-9-6-10-15-31/h5-10,12-21,26-27H,11,22-25,28-29H2,1-4H3. The molecule has 2 aliphatic rings. The molecule has 5 aromatic rings. The molecule has 268 valence electrons. The van der Waals surface area contributed by atoms with Crippen LogP contribution in [-0.4, -0.2) is 49.5 Å². The first-order chi connectivity index (χ1) is 25.1. The number of benzene rings is 4. The molecule has 0 aliphatic carbocycles. The molecule has 2 saturated heterocycles. The average molecular weight is 704 g/mol. The van der Waals surface area contributed by atoms with Crippen LogP contribution < -0.4 is 24.7 Å². The topological polar surface area (TPSA) is 56.3 Å². The molecule has 7 nitrogen and oxygen atoms in total. The maximum atomic E-state index is 16.0. The van der Waals surface area contributed by atoms with E-state index < -0.39 is 18.3 Å². The van der Waals surface area contributed by atoms with Gasteiger partial charge >= 0.3 is 7.12 Å². The van der Waals surface area contributed by atoms with Crippen LogP contribution in [0.4, 0.5) is 20.2 Å². The molecule has 2 aliphatic heterocycles. The molecular weight excluding hydrogens is 659 g/mol. The van der Waals surface area contributed by atoms with Gasteiger partial charge in [-0.3, -0.25) is 0 Å². The summed E-state index contributed by atoms with van der Waals surface area (Å²) in [4.78, 5) is 8.75. The van der Waals surface area contributed by atoms with Crippen LogP contribution in [0.15, 0.2) is 109 Å². The molecule has 0 atom stereocenters. The Bertz CT molecular complexity index is 1980. The van der Waals surface area contributed by atoms with E-state index >= 15 is 8.78 Å². The number of hydrogen-bond donors (Lipinski definition) is 0. The minimum absolute atomic E-state index is 0.301. The van der Waals surface area contributed by atoms with Gasteiger partial charge in [0.15, 0.2) is 0 Å². The summed E-state index contributed by atoms with van der Waals surface area (Å²) in [6.45, 7) is 11.0. The van der Waals surface area contributed by atoms with E-state index in [0.29, 0.717) is 79.1 Å². The fourth-order valence-electron chi connectivity index (χ4n) is 6.53. The van der Waals surface area contributed by atoms with Crippen LogP contribution >= 0.6 is 0 Å². The molecule has 3 heterocycles. The predicted octanol–water partition coefficient (Wildman–Crippen LogP) is 8.20. The van der Waals surface area contributed by atoms with Crippen LogP contribution in [0.5, 0.6) is 11.8 Å². The molecule has 0 N–H and O–H groups in total. The summed E-state index contributed by atoms with van der Waals surface area (Å²) < 4.78 is 56.0. The molecule has 7 rings (SSSR count). The molecule has 0 unspecified atom stereocenters. The highest BCUT2D eigenvalue weighted by atomic mass is 19.1. The molecule has 0 radical (unpaired) electrons. The summed E-state index contributed by atoms with van der Waals surface area (Å²) in [5, 5.41) is 0. The smallest absolute Gasteiger partial charge is 0.473 e. The quantitative estimate of drug-likeness (QED) is 0.136. The Morgan fingerprint density at radius 2 is 1.21 bits per heavy atom. The Balaban J connectivity index is 1.05. The van der Waals surface area contributed by atoms with Crippen LogP contribution in [0.25, 0.3) is 11.1 Å². The summed E-state index contributed by atoms with van der Waals surface area (Å²) in [7, 11) is -0.632. The third-order valence-corrected chi connectivity index (χ3v) is 10.2. The van der Waals surface area contributed by atoms with Gasteiger partial charge in [-0.05, 0) is 86.6 Å². The SMILES string of the molecule is CC1(C)OB(c2ccc(N3CCCN(c4ccc(-c5ccc(OCc6ccccc6)nc5OCc5ccccc5)cc4F)CC3)c(F)c2)OC1(C)C. The number of nitrogens with zero attached hydrogens (tertiary/aromatic N) is 3. The fraction of sp³-hybridized carbons (Fsp3) is 0.310. The zero-order valence-corrected chi connectivity index (χ0v) is 30.1. The number of rotatable bonds is 10. The fourth-order valence-corrected chi connectivity index (χ4v) is 6.53. The molecule has 52 heavy (non-hydrogen) atoms. The lowest BCUT2D eigenvalue weighted by Crippen LogP contribution is -2.41. The first-order valence-electron chi connectivity index (χ1n) is 17.9. The van der Waals surface area contributed by atoms with Crippen molar-refractivity contribution >= 4 is 24.0 Å². The number of hydrogen-bond acceptors (Lipinski definition) is 7. The summed E-state index contributed by atoms with van der Waals surface area (Å²) in [6.07, 6.45) is 0.742. The van der Waals surface area contributed by atoms with Crippen molar-refractivity contribution in [3.05, 3.63) is 132 Å². The van der Waals surface area contributed by atoms with E-state index in [9.17, 15) is 0 Å². The molecule has 0 amide bonds. The zero-order chi connectivity index (χ0) is 36.3. The summed E-state index contributed by atoms with van der Waals surface area (Å²) in [5.74, 6) is 0.105. The highest BCUT2D eigenvalue weighted by molar-refractivity contribution is 6.62. The van der Waals surface area contributed by atoms with Crippen LogP contribution in [0.3, 0.4) is 0 Å². The van der Waals surface area contributed by atoms with E-state index in [1.807, 2.05) is 116 Å². The lowest BCUT2D eigenvalue weighted by atomic mass is 9.79. The van der Waals surface area contributed by atoms with Crippen LogP contribution in [0.2, 0.25) is 0 Å². The van der Waals surface area contributed by atoms with Gasteiger partial charge in [0.25, 0.3) is 0 Å². The van der Waals surface area contributed by atoms with Gasteiger partial charge in [0.1, 0.15) is 24.8 Å². The Morgan fingerprint density at radius 3 is 1.79 bits per heavy atom. The Kier molecular flexibility index (Phi) is 10.2. The van der Waals surface area contributed by atoms with Crippen LogP contribution in [0.1, 0.15) is 45.2 Å².